The van der Waals surface area contributed by atoms with E-state index in [1.807, 2.05) is 13.8 Å². The predicted octanol–water partition coefficient (Wildman–Crippen LogP) is 3.07. The molecule has 2 N–H and O–H groups in total. The molecule has 5 heteroatoms. The van der Waals surface area contributed by atoms with Crippen molar-refractivity contribution in [2.75, 3.05) is 0 Å². The molecule has 0 radical (unpaired) electrons. The van der Waals surface area contributed by atoms with E-state index in [-0.39, 0.29) is 18.2 Å². The van der Waals surface area contributed by atoms with Crippen molar-refractivity contribution < 1.29 is 19.1 Å². The van der Waals surface area contributed by atoms with Crippen LogP contribution in [-0.4, -0.2) is 17.0 Å². The molecule has 0 fully saturated rings. The Morgan fingerprint density at radius 1 is 1.24 bits per heavy atom. The van der Waals surface area contributed by atoms with E-state index in [2.05, 4.69) is 5.32 Å². The minimum Gasteiger partial charge on any atom is -0.479 e. The molecule has 1 amide bonds. The largest absolute Gasteiger partial charge is 0.479 e. The summed E-state index contributed by atoms with van der Waals surface area (Å²) in [7, 11) is 0. The van der Waals surface area contributed by atoms with Gasteiger partial charge in [0.15, 0.2) is 5.54 Å². The number of amides is 1. The molecule has 4 nitrogen and oxygen atoms in total. The van der Waals surface area contributed by atoms with Crippen molar-refractivity contribution in [2.45, 2.75) is 45.6 Å². The molecule has 1 unspecified atom stereocenters. The zero-order valence-electron chi connectivity index (χ0n) is 12.6. The average molecular weight is 295 g/mol. The second kappa shape index (κ2) is 7.20. The van der Waals surface area contributed by atoms with Crippen molar-refractivity contribution in [3.63, 3.8) is 0 Å². The monoisotopic (exact) mass is 295 g/mol. The molecule has 0 aliphatic rings. The molecule has 0 saturated heterocycles. The number of hydrogen-bond donors (Lipinski definition) is 2. The summed E-state index contributed by atoms with van der Waals surface area (Å²) < 4.78 is 13.0. The molecule has 1 atom stereocenters. The zero-order valence-corrected chi connectivity index (χ0v) is 12.6. The van der Waals surface area contributed by atoms with Gasteiger partial charge in [0.1, 0.15) is 5.82 Å². The Bertz CT molecular complexity index is 497. The van der Waals surface area contributed by atoms with Crippen molar-refractivity contribution in [3.05, 3.63) is 35.6 Å². The molecule has 1 rings (SSSR count). The first-order valence-corrected chi connectivity index (χ1v) is 7.13. The number of benzene rings is 1. The predicted molar refractivity (Wildman–Crippen MR) is 78.2 cm³/mol. The van der Waals surface area contributed by atoms with Gasteiger partial charge in [-0.05, 0) is 30.5 Å². The van der Waals surface area contributed by atoms with Crippen LogP contribution in [0.1, 0.15) is 45.6 Å². The second-order valence-corrected chi connectivity index (χ2v) is 5.37. The van der Waals surface area contributed by atoms with Gasteiger partial charge in [-0.1, -0.05) is 38.8 Å². The van der Waals surface area contributed by atoms with Crippen LogP contribution < -0.4 is 5.32 Å². The fourth-order valence-electron chi connectivity index (χ4n) is 2.20. The van der Waals surface area contributed by atoms with Crippen LogP contribution in [-0.2, 0) is 15.1 Å². The first-order valence-electron chi connectivity index (χ1n) is 7.13. The maximum absolute atomic E-state index is 13.0. The Morgan fingerprint density at radius 2 is 1.76 bits per heavy atom. The van der Waals surface area contributed by atoms with Gasteiger partial charge in [0, 0.05) is 6.42 Å². The zero-order chi connectivity index (χ0) is 16.0. The fraction of sp³-hybridized carbons (Fsp3) is 0.500. The lowest BCUT2D eigenvalue weighted by molar-refractivity contribution is -0.147. The normalized spacial score (nSPS) is 13.8. The van der Waals surface area contributed by atoms with E-state index in [1.54, 1.807) is 0 Å². The van der Waals surface area contributed by atoms with Gasteiger partial charge in [-0.25, -0.2) is 9.18 Å². The van der Waals surface area contributed by atoms with E-state index in [1.165, 1.54) is 31.2 Å². The van der Waals surface area contributed by atoms with Gasteiger partial charge < -0.3 is 10.4 Å². The number of hydrogen-bond acceptors (Lipinski definition) is 2. The number of carboxylic acids is 1. The highest BCUT2D eigenvalue weighted by Gasteiger charge is 2.37. The fourth-order valence-corrected chi connectivity index (χ4v) is 2.20. The molecule has 0 aliphatic heterocycles. The summed E-state index contributed by atoms with van der Waals surface area (Å²) >= 11 is 0. The first kappa shape index (κ1) is 17.1. The van der Waals surface area contributed by atoms with Crippen LogP contribution in [0.25, 0.3) is 0 Å². The number of nitrogens with one attached hydrogen (secondary N) is 1. The highest BCUT2D eigenvalue weighted by molar-refractivity contribution is 5.87. The lowest BCUT2D eigenvalue weighted by Crippen LogP contribution is -2.49. The molecule has 0 bridgehead atoms. The Hall–Kier alpha value is -1.91. The summed E-state index contributed by atoms with van der Waals surface area (Å²) in [4.78, 5) is 23.6. The number of carbonyl (C=O) groups excluding carboxylic acids is 1. The van der Waals surface area contributed by atoms with Crippen LogP contribution in [0.3, 0.4) is 0 Å². The summed E-state index contributed by atoms with van der Waals surface area (Å²) in [6.07, 6.45) is 2.02. The molecule has 1 aromatic carbocycles. The molecule has 0 spiro atoms. The Kier molecular flexibility index (Phi) is 5.88. The maximum Gasteiger partial charge on any atom is 0.333 e. The number of aliphatic carboxylic acids is 1. The van der Waals surface area contributed by atoms with Gasteiger partial charge in [-0.2, -0.15) is 0 Å². The van der Waals surface area contributed by atoms with E-state index in [4.69, 9.17) is 0 Å². The molecule has 0 saturated carbocycles. The third-order valence-electron chi connectivity index (χ3n) is 3.87. The maximum atomic E-state index is 13.0. The van der Waals surface area contributed by atoms with Crippen LogP contribution in [0.4, 0.5) is 4.39 Å². The molecule has 0 heterocycles. The van der Waals surface area contributed by atoms with Crippen LogP contribution in [0.5, 0.6) is 0 Å². The summed E-state index contributed by atoms with van der Waals surface area (Å²) in [5, 5.41) is 12.0. The topological polar surface area (TPSA) is 66.4 Å². The van der Waals surface area contributed by atoms with E-state index < -0.39 is 17.3 Å². The van der Waals surface area contributed by atoms with Crippen LogP contribution >= 0.6 is 0 Å². The molecule has 116 valence electrons. The van der Waals surface area contributed by atoms with Crippen molar-refractivity contribution in [1.29, 1.82) is 0 Å². The Balaban J connectivity index is 2.93. The van der Waals surface area contributed by atoms with Gasteiger partial charge >= 0.3 is 5.97 Å². The number of carbonyl (C=O) groups is 2. The number of halogens is 1. The van der Waals surface area contributed by atoms with Gasteiger partial charge in [-0.15, -0.1) is 0 Å². The van der Waals surface area contributed by atoms with Crippen molar-refractivity contribution in [1.82, 2.24) is 5.32 Å². The molecular formula is C16H22FNO3. The quantitative estimate of drug-likeness (QED) is 0.812. The minimum absolute atomic E-state index is 0.233. The molecule has 0 aromatic heterocycles. The Labute approximate surface area is 124 Å². The summed E-state index contributed by atoms with van der Waals surface area (Å²) in [5.41, 5.74) is -1.22. The number of carboxylic acid groups (broad SMARTS) is 1. The lowest BCUT2D eigenvalue weighted by Gasteiger charge is -2.27. The summed E-state index contributed by atoms with van der Waals surface area (Å²) in [5.74, 6) is -1.70. The van der Waals surface area contributed by atoms with Gasteiger partial charge in [0.2, 0.25) is 5.91 Å². The van der Waals surface area contributed by atoms with Crippen molar-refractivity contribution >= 4 is 11.9 Å². The molecular weight excluding hydrogens is 273 g/mol. The average Bonchev–Trinajstić information content (AvgIpc) is 2.45. The number of rotatable bonds is 7. The lowest BCUT2D eigenvalue weighted by atomic mass is 9.91. The smallest absolute Gasteiger partial charge is 0.333 e. The van der Waals surface area contributed by atoms with Gasteiger partial charge in [0.25, 0.3) is 0 Å². The molecule has 21 heavy (non-hydrogen) atoms. The van der Waals surface area contributed by atoms with Crippen LogP contribution in [0.15, 0.2) is 24.3 Å². The Morgan fingerprint density at radius 3 is 2.19 bits per heavy atom. The van der Waals surface area contributed by atoms with E-state index in [0.717, 1.165) is 12.8 Å². The van der Waals surface area contributed by atoms with E-state index >= 15 is 0 Å². The second-order valence-electron chi connectivity index (χ2n) is 5.37. The molecule has 1 aromatic rings. The highest BCUT2D eigenvalue weighted by atomic mass is 19.1. The van der Waals surface area contributed by atoms with Crippen molar-refractivity contribution in [3.8, 4) is 0 Å². The summed E-state index contributed by atoms with van der Waals surface area (Å²) in [6.45, 7) is 5.41. The SMILES string of the molecule is CCC(CC)CC(=O)NC(C)(C(=O)O)c1ccc(F)cc1. The van der Waals surface area contributed by atoms with Crippen molar-refractivity contribution in [2.24, 2.45) is 5.92 Å². The summed E-state index contributed by atoms with van der Waals surface area (Å²) in [6, 6.07) is 5.12. The standard InChI is InChI=1S/C16H22FNO3/c1-4-11(5-2)10-14(19)18-16(3,15(20)21)12-6-8-13(17)9-7-12/h6-9,11H,4-5,10H2,1-3H3,(H,18,19)(H,20,21). The third-order valence-corrected chi connectivity index (χ3v) is 3.87. The van der Waals surface area contributed by atoms with Crippen LogP contribution in [0.2, 0.25) is 0 Å². The molecule has 0 aliphatic carbocycles. The third kappa shape index (κ3) is 4.28. The van der Waals surface area contributed by atoms with E-state index in [9.17, 15) is 19.1 Å². The minimum atomic E-state index is -1.56. The first-order chi connectivity index (χ1) is 9.83. The van der Waals surface area contributed by atoms with Crippen LogP contribution in [0, 0.1) is 11.7 Å². The van der Waals surface area contributed by atoms with Gasteiger partial charge in [0.05, 0.1) is 0 Å². The van der Waals surface area contributed by atoms with E-state index in [0.29, 0.717) is 5.56 Å². The highest BCUT2D eigenvalue weighted by Crippen LogP contribution is 2.23. The van der Waals surface area contributed by atoms with Gasteiger partial charge in [-0.3, -0.25) is 4.79 Å².